The topological polar surface area (TPSA) is 87.0 Å². The zero-order chi connectivity index (χ0) is 24.5. The number of hydrogen-bond donors (Lipinski definition) is 3. The lowest BCUT2D eigenvalue weighted by atomic mass is 9.84. The fourth-order valence-electron chi connectivity index (χ4n) is 4.82. The Morgan fingerprint density at radius 3 is 2.41 bits per heavy atom. The quantitative estimate of drug-likeness (QED) is 0.250. The molecule has 0 amide bonds. The summed E-state index contributed by atoms with van der Waals surface area (Å²) in [5.41, 5.74) is 2.90. The Hall–Kier alpha value is -2.47. The fraction of sp³-hybridized carbons (Fsp3) is 0.483. The van der Waals surface area contributed by atoms with E-state index in [-0.39, 0.29) is 23.9 Å². The Morgan fingerprint density at radius 2 is 1.74 bits per heavy atom. The molecule has 3 N–H and O–H groups in total. The molecule has 1 saturated carbocycles. The van der Waals surface area contributed by atoms with Crippen molar-refractivity contribution in [2.24, 2.45) is 5.92 Å². The molecule has 2 aromatic rings. The van der Waals surface area contributed by atoms with Crippen molar-refractivity contribution in [1.29, 1.82) is 0 Å². The highest BCUT2D eigenvalue weighted by molar-refractivity contribution is 5.69. The van der Waals surface area contributed by atoms with Crippen LogP contribution in [0.25, 0.3) is 0 Å². The van der Waals surface area contributed by atoms with Crippen LogP contribution >= 0.6 is 0 Å². The van der Waals surface area contributed by atoms with Crippen molar-refractivity contribution in [3.8, 4) is 0 Å². The molecule has 1 fully saturated rings. The average molecular weight is 467 g/mol. The van der Waals surface area contributed by atoms with Gasteiger partial charge in [-0.05, 0) is 55.7 Å². The Balaban J connectivity index is 1.55. The number of allylic oxidation sites excluding steroid dienone is 2. The minimum atomic E-state index is -0.598. The largest absolute Gasteiger partial charge is 0.463 e. The number of benzene rings is 2. The van der Waals surface area contributed by atoms with Crippen molar-refractivity contribution in [3.05, 3.63) is 83.4 Å². The smallest absolute Gasteiger partial charge is 0.306 e. The number of aliphatic hydroxyl groups is 3. The predicted molar refractivity (Wildman–Crippen MR) is 133 cm³/mol. The van der Waals surface area contributed by atoms with E-state index in [1.807, 2.05) is 80.6 Å². The molecule has 0 aromatic heterocycles. The summed E-state index contributed by atoms with van der Waals surface area (Å²) in [6.45, 7) is 3.69. The van der Waals surface area contributed by atoms with Gasteiger partial charge >= 0.3 is 5.97 Å². The number of carbonyl (C=O) groups is 1. The van der Waals surface area contributed by atoms with Gasteiger partial charge in [0, 0.05) is 25.2 Å². The second-order valence-electron chi connectivity index (χ2n) is 9.57. The van der Waals surface area contributed by atoms with Crippen LogP contribution < -0.4 is 0 Å². The molecular weight excluding hydrogens is 428 g/mol. The Kier molecular flexibility index (Phi) is 9.87. The van der Waals surface area contributed by atoms with Crippen molar-refractivity contribution in [3.63, 3.8) is 0 Å². The zero-order valence-electron chi connectivity index (χ0n) is 20.2. The number of unbranched alkanes of at least 4 members (excludes halogenated alkanes) is 1. The summed E-state index contributed by atoms with van der Waals surface area (Å²) in [7, 11) is 0. The van der Waals surface area contributed by atoms with Crippen molar-refractivity contribution in [1.82, 2.24) is 0 Å². The maximum absolute atomic E-state index is 11.6. The first-order valence-corrected chi connectivity index (χ1v) is 12.4. The van der Waals surface area contributed by atoms with Gasteiger partial charge in [0.2, 0.25) is 0 Å². The first-order chi connectivity index (χ1) is 16.3. The second kappa shape index (κ2) is 12.8. The lowest BCUT2D eigenvalue weighted by Gasteiger charge is -2.23. The summed E-state index contributed by atoms with van der Waals surface area (Å²) in [5, 5.41) is 31.8. The lowest BCUT2D eigenvalue weighted by molar-refractivity contribution is -0.147. The average Bonchev–Trinajstić information content (AvgIpc) is 3.09. The van der Waals surface area contributed by atoms with Gasteiger partial charge in [-0.3, -0.25) is 4.79 Å². The molecule has 0 spiro atoms. The SMILES string of the molecule is CC(C)OC(=O)CCC/C=C\C[C@@H]1C(O)C[C@H](O)C1c1ccc(C(O)Cc2ccccc2)cc1. The Bertz CT molecular complexity index is 906. The third-order valence-electron chi connectivity index (χ3n) is 6.52. The summed E-state index contributed by atoms with van der Waals surface area (Å²) in [5.74, 6) is -0.395. The van der Waals surface area contributed by atoms with Crippen LogP contribution in [0.1, 0.15) is 74.7 Å². The summed E-state index contributed by atoms with van der Waals surface area (Å²) in [4.78, 5) is 11.6. The van der Waals surface area contributed by atoms with E-state index in [1.54, 1.807) is 0 Å². The molecule has 5 heteroatoms. The van der Waals surface area contributed by atoms with Crippen LogP contribution in [0.3, 0.4) is 0 Å². The molecule has 184 valence electrons. The van der Waals surface area contributed by atoms with E-state index in [2.05, 4.69) is 0 Å². The van der Waals surface area contributed by atoms with E-state index >= 15 is 0 Å². The molecule has 2 aromatic carbocycles. The normalized spacial score (nSPS) is 23.5. The molecular formula is C29H38O5. The van der Waals surface area contributed by atoms with Crippen molar-refractivity contribution in [2.45, 2.75) is 82.7 Å². The first-order valence-electron chi connectivity index (χ1n) is 12.4. The Morgan fingerprint density at radius 1 is 1.03 bits per heavy atom. The number of aliphatic hydroxyl groups excluding tert-OH is 3. The molecule has 1 aliphatic carbocycles. The maximum Gasteiger partial charge on any atom is 0.306 e. The van der Waals surface area contributed by atoms with Gasteiger partial charge in [0.05, 0.1) is 24.4 Å². The minimum Gasteiger partial charge on any atom is -0.463 e. The van der Waals surface area contributed by atoms with Gasteiger partial charge in [0.25, 0.3) is 0 Å². The number of hydrogen-bond acceptors (Lipinski definition) is 5. The minimum absolute atomic E-state index is 0.0720. The van der Waals surface area contributed by atoms with Gasteiger partial charge in [-0.2, -0.15) is 0 Å². The molecule has 5 atom stereocenters. The summed E-state index contributed by atoms with van der Waals surface area (Å²) in [6.07, 6.45) is 5.74. The summed E-state index contributed by atoms with van der Waals surface area (Å²) >= 11 is 0. The van der Waals surface area contributed by atoms with Crippen molar-refractivity contribution < 1.29 is 24.9 Å². The fourth-order valence-corrected chi connectivity index (χ4v) is 4.82. The van der Waals surface area contributed by atoms with E-state index in [0.717, 1.165) is 29.5 Å². The van der Waals surface area contributed by atoms with Crippen molar-refractivity contribution in [2.75, 3.05) is 0 Å². The predicted octanol–water partition coefficient (Wildman–Crippen LogP) is 4.86. The molecule has 1 aliphatic rings. The highest BCUT2D eigenvalue weighted by atomic mass is 16.5. The van der Waals surface area contributed by atoms with Crippen molar-refractivity contribution >= 4 is 5.97 Å². The summed E-state index contributed by atoms with van der Waals surface area (Å²) < 4.78 is 5.14. The Labute approximate surface area is 203 Å². The van der Waals surface area contributed by atoms with Crippen LogP contribution in [0.15, 0.2) is 66.7 Å². The van der Waals surface area contributed by atoms with E-state index in [1.165, 1.54) is 0 Å². The maximum atomic E-state index is 11.6. The summed E-state index contributed by atoms with van der Waals surface area (Å²) in [6, 6.07) is 17.7. The van der Waals surface area contributed by atoms with Crippen LogP contribution in [-0.2, 0) is 16.0 Å². The van der Waals surface area contributed by atoms with Gasteiger partial charge in [0.1, 0.15) is 0 Å². The first kappa shape index (κ1) is 26.1. The third-order valence-corrected chi connectivity index (χ3v) is 6.52. The van der Waals surface area contributed by atoms with Gasteiger partial charge in [-0.25, -0.2) is 0 Å². The van der Waals surface area contributed by atoms with Crippen LogP contribution in [0.2, 0.25) is 0 Å². The van der Waals surface area contributed by atoms with Gasteiger partial charge in [0.15, 0.2) is 0 Å². The van der Waals surface area contributed by atoms with Crippen LogP contribution in [-0.4, -0.2) is 39.6 Å². The van der Waals surface area contributed by atoms with Crippen LogP contribution in [0.4, 0.5) is 0 Å². The van der Waals surface area contributed by atoms with E-state index in [4.69, 9.17) is 4.74 Å². The molecule has 0 aliphatic heterocycles. The molecule has 0 radical (unpaired) electrons. The number of rotatable bonds is 11. The van der Waals surface area contributed by atoms with E-state index in [9.17, 15) is 20.1 Å². The van der Waals surface area contributed by atoms with E-state index in [0.29, 0.717) is 25.7 Å². The molecule has 3 unspecified atom stereocenters. The molecule has 0 saturated heterocycles. The molecule has 3 rings (SSSR count). The van der Waals surface area contributed by atoms with Gasteiger partial charge in [-0.15, -0.1) is 0 Å². The molecule has 0 bridgehead atoms. The van der Waals surface area contributed by atoms with E-state index < -0.39 is 18.3 Å². The molecule has 34 heavy (non-hydrogen) atoms. The zero-order valence-corrected chi connectivity index (χ0v) is 20.2. The van der Waals surface area contributed by atoms with Gasteiger partial charge in [-0.1, -0.05) is 66.7 Å². The van der Waals surface area contributed by atoms with Crippen LogP contribution in [0.5, 0.6) is 0 Å². The number of carbonyl (C=O) groups excluding carboxylic acids is 1. The monoisotopic (exact) mass is 466 g/mol. The molecule has 5 nitrogen and oxygen atoms in total. The lowest BCUT2D eigenvalue weighted by Crippen LogP contribution is -2.20. The van der Waals surface area contributed by atoms with Gasteiger partial charge < -0.3 is 20.1 Å². The number of esters is 1. The molecule has 0 heterocycles. The highest BCUT2D eigenvalue weighted by Gasteiger charge is 2.41. The number of ether oxygens (including phenoxy) is 1. The second-order valence-corrected chi connectivity index (χ2v) is 9.57. The highest BCUT2D eigenvalue weighted by Crippen LogP contribution is 2.42. The van der Waals surface area contributed by atoms with Crippen LogP contribution in [0, 0.1) is 5.92 Å². The third kappa shape index (κ3) is 7.52. The standard InChI is InChI=1S/C29H38O5/c1-20(2)34-28(33)13-9-4-3-8-12-24-26(31)19-27(32)29(24)23-16-14-22(15-17-23)25(30)18-21-10-6-5-7-11-21/h3,5-8,10-11,14-17,20,24-27,29-32H,4,9,12-13,18-19H2,1-2H3/b8-3-/t24-,25?,26?,27+,29?/m1/s1.